The lowest BCUT2D eigenvalue weighted by molar-refractivity contribution is 0.170. The molecule has 0 amide bonds. The van der Waals surface area contributed by atoms with Gasteiger partial charge in [0.05, 0.1) is 0 Å². The normalized spacial score (nSPS) is 17.8. The Labute approximate surface area is 105 Å². The van der Waals surface area contributed by atoms with Gasteiger partial charge >= 0.3 is 0 Å². The molecule has 1 N–H and O–H groups in total. The van der Waals surface area contributed by atoms with Crippen LogP contribution in [0.1, 0.15) is 31.4 Å². The summed E-state index contributed by atoms with van der Waals surface area (Å²) in [6.45, 7) is 9.00. The zero-order valence-corrected chi connectivity index (χ0v) is 11.1. The number of hydrogen-bond acceptors (Lipinski definition) is 2. The summed E-state index contributed by atoms with van der Waals surface area (Å²) in [5.41, 5.74) is 3.07. The largest absolute Gasteiger partial charge is 0.315 e. The van der Waals surface area contributed by atoms with Crippen molar-refractivity contribution < 1.29 is 0 Å². The molecule has 0 saturated heterocycles. The topological polar surface area (TPSA) is 15.3 Å². The summed E-state index contributed by atoms with van der Waals surface area (Å²) in [7, 11) is 0. The minimum atomic E-state index is 0.684. The van der Waals surface area contributed by atoms with Crippen molar-refractivity contribution >= 4 is 0 Å². The molecule has 1 heterocycles. The van der Waals surface area contributed by atoms with E-state index in [1.54, 1.807) is 5.56 Å². The first-order valence-corrected chi connectivity index (χ1v) is 6.86. The molecule has 1 atom stereocenters. The van der Waals surface area contributed by atoms with Gasteiger partial charge in [0.15, 0.2) is 0 Å². The maximum atomic E-state index is 3.48. The predicted molar refractivity (Wildman–Crippen MR) is 73.2 cm³/mol. The van der Waals surface area contributed by atoms with E-state index in [-0.39, 0.29) is 0 Å². The van der Waals surface area contributed by atoms with Crippen molar-refractivity contribution in [2.75, 3.05) is 19.6 Å². The van der Waals surface area contributed by atoms with Gasteiger partial charge < -0.3 is 5.32 Å². The molecule has 1 aromatic rings. The van der Waals surface area contributed by atoms with Crippen LogP contribution >= 0.6 is 0 Å². The molecule has 1 aromatic carbocycles. The van der Waals surface area contributed by atoms with Crippen LogP contribution in [-0.4, -0.2) is 30.6 Å². The van der Waals surface area contributed by atoms with Gasteiger partial charge in [-0.25, -0.2) is 0 Å². The molecule has 1 aliphatic rings. The maximum Gasteiger partial charge on any atom is 0.0240 e. The summed E-state index contributed by atoms with van der Waals surface area (Å²) in [4.78, 5) is 2.63. The lowest BCUT2D eigenvalue weighted by Gasteiger charge is -2.35. The molecular formula is C15H24N2. The average molecular weight is 232 g/mol. The summed E-state index contributed by atoms with van der Waals surface area (Å²) in [6, 6.07) is 9.56. The first kappa shape index (κ1) is 12.6. The van der Waals surface area contributed by atoms with Crippen molar-refractivity contribution in [3.63, 3.8) is 0 Å². The minimum Gasteiger partial charge on any atom is -0.315 e. The third-order valence-corrected chi connectivity index (χ3v) is 3.78. The molecule has 0 fully saturated rings. The van der Waals surface area contributed by atoms with E-state index >= 15 is 0 Å². The molecule has 0 aliphatic carbocycles. The molecule has 94 valence electrons. The van der Waals surface area contributed by atoms with E-state index in [2.05, 4.69) is 48.3 Å². The molecule has 0 bridgehead atoms. The van der Waals surface area contributed by atoms with Crippen molar-refractivity contribution in [1.82, 2.24) is 10.2 Å². The highest BCUT2D eigenvalue weighted by atomic mass is 15.2. The number of rotatable bonds is 5. The van der Waals surface area contributed by atoms with Crippen molar-refractivity contribution in [3.05, 3.63) is 35.4 Å². The van der Waals surface area contributed by atoms with Crippen LogP contribution in [-0.2, 0) is 13.0 Å². The van der Waals surface area contributed by atoms with Crippen molar-refractivity contribution in [3.8, 4) is 0 Å². The van der Waals surface area contributed by atoms with Gasteiger partial charge in [-0.05, 0) is 30.5 Å². The van der Waals surface area contributed by atoms with E-state index in [1.807, 2.05) is 0 Å². The lowest BCUT2D eigenvalue weighted by atomic mass is 9.98. The van der Waals surface area contributed by atoms with Crippen molar-refractivity contribution in [2.45, 2.75) is 39.3 Å². The standard InChI is InChI=1S/C15H24N2/c1-3-15(11-16-4-2)17-10-9-13-7-5-6-8-14(13)12-17/h5-8,15-16H,3-4,9-12H2,1-2H3. The molecule has 2 nitrogen and oxygen atoms in total. The van der Waals surface area contributed by atoms with Crippen LogP contribution in [0.5, 0.6) is 0 Å². The lowest BCUT2D eigenvalue weighted by Crippen LogP contribution is -2.44. The van der Waals surface area contributed by atoms with Crippen LogP contribution in [0.3, 0.4) is 0 Å². The third kappa shape index (κ3) is 3.08. The second-order valence-electron chi connectivity index (χ2n) is 4.86. The van der Waals surface area contributed by atoms with Crippen LogP contribution in [0, 0.1) is 0 Å². The highest BCUT2D eigenvalue weighted by molar-refractivity contribution is 5.29. The summed E-state index contributed by atoms with van der Waals surface area (Å²) < 4.78 is 0. The number of hydrogen-bond donors (Lipinski definition) is 1. The number of nitrogens with one attached hydrogen (secondary N) is 1. The Bertz CT molecular complexity index is 349. The van der Waals surface area contributed by atoms with Crippen molar-refractivity contribution in [1.29, 1.82) is 0 Å². The Morgan fingerprint density at radius 2 is 2.00 bits per heavy atom. The molecular weight excluding hydrogens is 208 g/mol. The SMILES string of the molecule is CCNCC(CC)N1CCc2ccccc2C1. The van der Waals surface area contributed by atoms with Gasteiger partial charge in [-0.2, -0.15) is 0 Å². The first-order chi connectivity index (χ1) is 8.35. The second kappa shape index (κ2) is 6.18. The number of likely N-dealkylation sites (N-methyl/N-ethyl adjacent to an activating group) is 1. The van der Waals surface area contributed by atoms with E-state index in [0.29, 0.717) is 6.04 Å². The zero-order valence-electron chi connectivity index (χ0n) is 11.1. The molecule has 2 heteroatoms. The van der Waals surface area contributed by atoms with Crippen LogP contribution in [0.25, 0.3) is 0 Å². The van der Waals surface area contributed by atoms with Gasteiger partial charge in [-0.1, -0.05) is 38.1 Å². The van der Waals surface area contributed by atoms with Gasteiger partial charge in [-0.3, -0.25) is 4.90 Å². The smallest absolute Gasteiger partial charge is 0.0240 e. The second-order valence-corrected chi connectivity index (χ2v) is 4.86. The van der Waals surface area contributed by atoms with Crippen LogP contribution in [0.2, 0.25) is 0 Å². The molecule has 0 spiro atoms. The maximum absolute atomic E-state index is 3.48. The zero-order chi connectivity index (χ0) is 12.1. The van der Waals surface area contributed by atoms with Gasteiger partial charge in [0.1, 0.15) is 0 Å². The molecule has 0 saturated carbocycles. The highest BCUT2D eigenvalue weighted by Crippen LogP contribution is 2.20. The fourth-order valence-corrected chi connectivity index (χ4v) is 2.67. The van der Waals surface area contributed by atoms with Crippen LogP contribution in [0.4, 0.5) is 0 Å². The van der Waals surface area contributed by atoms with Gasteiger partial charge in [0.2, 0.25) is 0 Å². The van der Waals surface area contributed by atoms with Crippen molar-refractivity contribution in [2.24, 2.45) is 0 Å². The first-order valence-electron chi connectivity index (χ1n) is 6.86. The number of nitrogens with zero attached hydrogens (tertiary/aromatic N) is 1. The van der Waals surface area contributed by atoms with E-state index < -0.39 is 0 Å². The highest BCUT2D eigenvalue weighted by Gasteiger charge is 2.21. The van der Waals surface area contributed by atoms with Gasteiger partial charge in [0, 0.05) is 25.7 Å². The Morgan fingerprint density at radius 3 is 2.71 bits per heavy atom. The van der Waals surface area contributed by atoms with Crippen LogP contribution < -0.4 is 5.32 Å². The van der Waals surface area contributed by atoms with E-state index in [1.165, 1.54) is 24.9 Å². The van der Waals surface area contributed by atoms with E-state index in [0.717, 1.165) is 19.6 Å². The van der Waals surface area contributed by atoms with Gasteiger partial charge in [0.25, 0.3) is 0 Å². The number of fused-ring (bicyclic) bond motifs is 1. The quantitative estimate of drug-likeness (QED) is 0.839. The minimum absolute atomic E-state index is 0.684. The Balaban J connectivity index is 2.00. The fraction of sp³-hybridized carbons (Fsp3) is 0.600. The molecule has 17 heavy (non-hydrogen) atoms. The summed E-state index contributed by atoms with van der Waals surface area (Å²) >= 11 is 0. The number of benzene rings is 1. The average Bonchev–Trinajstić information content (AvgIpc) is 2.39. The Morgan fingerprint density at radius 1 is 1.24 bits per heavy atom. The van der Waals surface area contributed by atoms with E-state index in [9.17, 15) is 0 Å². The molecule has 0 radical (unpaired) electrons. The molecule has 2 rings (SSSR count). The predicted octanol–water partition coefficient (Wildman–Crippen LogP) is 2.43. The van der Waals surface area contributed by atoms with Crippen LogP contribution in [0.15, 0.2) is 24.3 Å². The molecule has 1 unspecified atom stereocenters. The monoisotopic (exact) mass is 232 g/mol. The molecule has 0 aromatic heterocycles. The fourth-order valence-electron chi connectivity index (χ4n) is 2.67. The Hall–Kier alpha value is -0.860. The summed E-state index contributed by atoms with van der Waals surface area (Å²) in [6.07, 6.45) is 2.44. The Kier molecular flexibility index (Phi) is 4.57. The summed E-state index contributed by atoms with van der Waals surface area (Å²) in [5, 5.41) is 3.48. The third-order valence-electron chi connectivity index (χ3n) is 3.78. The molecule has 1 aliphatic heterocycles. The van der Waals surface area contributed by atoms with E-state index in [4.69, 9.17) is 0 Å². The summed E-state index contributed by atoms with van der Waals surface area (Å²) in [5.74, 6) is 0. The van der Waals surface area contributed by atoms with Gasteiger partial charge in [-0.15, -0.1) is 0 Å².